The van der Waals surface area contributed by atoms with Crippen LogP contribution in [0.4, 0.5) is 11.4 Å². The first-order valence-electron chi connectivity index (χ1n) is 9.98. The van der Waals surface area contributed by atoms with Crippen LogP contribution in [0.5, 0.6) is 0 Å². The lowest BCUT2D eigenvalue weighted by atomic mass is 9.93. The molecular formula is C21H31N3O2. The molecule has 3 fully saturated rings. The van der Waals surface area contributed by atoms with E-state index in [9.17, 15) is 4.79 Å². The highest BCUT2D eigenvalue weighted by atomic mass is 16.5. The molecule has 1 aromatic rings. The van der Waals surface area contributed by atoms with Gasteiger partial charge in [0.15, 0.2) is 0 Å². The second-order valence-corrected chi connectivity index (χ2v) is 8.41. The second kappa shape index (κ2) is 7.10. The average molecular weight is 357 g/mol. The highest BCUT2D eigenvalue weighted by Crippen LogP contribution is 2.59. The molecule has 0 radical (unpaired) electrons. The summed E-state index contributed by atoms with van der Waals surface area (Å²) in [4.78, 5) is 17.2. The average Bonchev–Trinajstić information content (AvgIpc) is 3.36. The minimum Gasteiger partial charge on any atom is -0.381 e. The van der Waals surface area contributed by atoms with Crippen LogP contribution in [0.2, 0.25) is 0 Å². The number of carbonyl (C=O) groups excluding carboxylic acids is 1. The molecule has 5 nitrogen and oxygen atoms in total. The predicted octanol–water partition coefficient (Wildman–Crippen LogP) is 2.65. The maximum atomic E-state index is 12.6. The fourth-order valence-electron chi connectivity index (χ4n) is 4.59. The first-order chi connectivity index (χ1) is 12.6. The fraction of sp³-hybridized carbons (Fsp3) is 0.667. The van der Waals surface area contributed by atoms with Crippen LogP contribution in [0, 0.1) is 11.3 Å². The van der Waals surface area contributed by atoms with E-state index in [-0.39, 0.29) is 11.3 Å². The molecular weight excluding hydrogens is 326 g/mol. The van der Waals surface area contributed by atoms with Gasteiger partial charge < -0.3 is 19.9 Å². The standard InChI is InChI=1S/C21H31N3O2/c1-23(2)17-3-5-18(6-4-17)24-11-7-16(8-12-24)22-20(25)19-15-21(19)9-13-26-14-10-21/h3-6,16,19H,7-15H2,1-2H3,(H,22,25). The Hall–Kier alpha value is -1.75. The van der Waals surface area contributed by atoms with Gasteiger partial charge in [0.25, 0.3) is 0 Å². The Morgan fingerprint density at radius 3 is 2.42 bits per heavy atom. The van der Waals surface area contributed by atoms with Crippen molar-refractivity contribution >= 4 is 17.3 Å². The van der Waals surface area contributed by atoms with Gasteiger partial charge in [-0.2, -0.15) is 0 Å². The van der Waals surface area contributed by atoms with Gasteiger partial charge in [0.05, 0.1) is 0 Å². The molecule has 4 rings (SSSR count). The van der Waals surface area contributed by atoms with E-state index in [4.69, 9.17) is 4.74 Å². The summed E-state index contributed by atoms with van der Waals surface area (Å²) in [6.45, 7) is 3.68. The van der Waals surface area contributed by atoms with Crippen LogP contribution in [-0.4, -0.2) is 52.3 Å². The lowest BCUT2D eigenvalue weighted by Crippen LogP contribution is -2.45. The van der Waals surface area contributed by atoms with Crippen LogP contribution in [0.15, 0.2) is 24.3 Å². The summed E-state index contributed by atoms with van der Waals surface area (Å²) < 4.78 is 5.46. The minimum absolute atomic E-state index is 0.239. The summed E-state index contributed by atoms with van der Waals surface area (Å²) in [7, 11) is 4.13. The molecule has 5 heteroatoms. The summed E-state index contributed by atoms with van der Waals surface area (Å²) >= 11 is 0. The number of carbonyl (C=O) groups is 1. The van der Waals surface area contributed by atoms with Crippen molar-refractivity contribution in [3.8, 4) is 0 Å². The molecule has 0 bridgehead atoms. The SMILES string of the molecule is CN(C)c1ccc(N2CCC(NC(=O)C3CC34CCOCC4)CC2)cc1. The first-order valence-corrected chi connectivity index (χ1v) is 9.98. The molecule has 1 atom stereocenters. The van der Waals surface area contributed by atoms with Gasteiger partial charge in [0, 0.05) is 63.7 Å². The van der Waals surface area contributed by atoms with Crippen LogP contribution in [0.3, 0.4) is 0 Å². The summed E-state index contributed by atoms with van der Waals surface area (Å²) in [5, 5.41) is 3.34. The van der Waals surface area contributed by atoms with Crippen molar-refractivity contribution < 1.29 is 9.53 Å². The highest BCUT2D eigenvalue weighted by Gasteiger charge is 2.58. The van der Waals surface area contributed by atoms with Crippen molar-refractivity contribution in [1.29, 1.82) is 0 Å². The molecule has 1 unspecified atom stereocenters. The van der Waals surface area contributed by atoms with Gasteiger partial charge in [-0.25, -0.2) is 0 Å². The van der Waals surface area contributed by atoms with Crippen LogP contribution in [0.25, 0.3) is 0 Å². The first kappa shape index (κ1) is 17.7. The largest absolute Gasteiger partial charge is 0.381 e. The third-order valence-corrected chi connectivity index (χ3v) is 6.57. The molecule has 26 heavy (non-hydrogen) atoms. The molecule has 1 aromatic carbocycles. The molecule has 1 aliphatic carbocycles. The van der Waals surface area contributed by atoms with Crippen LogP contribution in [-0.2, 0) is 9.53 Å². The highest BCUT2D eigenvalue weighted by molar-refractivity contribution is 5.83. The smallest absolute Gasteiger partial charge is 0.223 e. The zero-order valence-corrected chi connectivity index (χ0v) is 16.0. The molecule has 2 heterocycles. The Morgan fingerprint density at radius 1 is 1.15 bits per heavy atom. The number of amides is 1. The lowest BCUT2D eigenvalue weighted by Gasteiger charge is -2.34. The van der Waals surface area contributed by atoms with E-state index in [0.717, 1.165) is 58.4 Å². The van der Waals surface area contributed by atoms with Crippen molar-refractivity contribution in [2.45, 2.75) is 38.1 Å². The summed E-state index contributed by atoms with van der Waals surface area (Å²) in [5.41, 5.74) is 2.78. The maximum Gasteiger partial charge on any atom is 0.223 e. The van der Waals surface area contributed by atoms with E-state index in [2.05, 4.69) is 53.5 Å². The van der Waals surface area contributed by atoms with Crippen molar-refractivity contribution in [3.05, 3.63) is 24.3 Å². The van der Waals surface area contributed by atoms with Crippen molar-refractivity contribution in [3.63, 3.8) is 0 Å². The Morgan fingerprint density at radius 2 is 1.81 bits per heavy atom. The molecule has 3 aliphatic rings. The summed E-state index contributed by atoms with van der Waals surface area (Å²) in [5.74, 6) is 0.531. The Balaban J connectivity index is 1.25. The molecule has 1 saturated carbocycles. The third-order valence-electron chi connectivity index (χ3n) is 6.57. The van der Waals surface area contributed by atoms with Crippen LogP contribution in [0.1, 0.15) is 32.1 Å². The quantitative estimate of drug-likeness (QED) is 0.900. The minimum atomic E-state index is 0.239. The Kier molecular flexibility index (Phi) is 4.82. The molecule has 1 amide bonds. The van der Waals surface area contributed by atoms with Gasteiger partial charge in [0.1, 0.15) is 0 Å². The van der Waals surface area contributed by atoms with E-state index in [0.29, 0.717) is 11.9 Å². The lowest BCUT2D eigenvalue weighted by molar-refractivity contribution is -0.124. The number of piperidine rings is 1. The Labute approximate surface area is 156 Å². The maximum absolute atomic E-state index is 12.6. The van der Waals surface area contributed by atoms with Gasteiger partial charge in [-0.1, -0.05) is 0 Å². The number of benzene rings is 1. The topological polar surface area (TPSA) is 44.8 Å². The number of nitrogens with one attached hydrogen (secondary N) is 1. The monoisotopic (exact) mass is 357 g/mol. The number of anilines is 2. The van der Waals surface area contributed by atoms with Crippen molar-refractivity contribution in [2.24, 2.45) is 11.3 Å². The van der Waals surface area contributed by atoms with Gasteiger partial charge in [-0.05, 0) is 61.8 Å². The van der Waals surface area contributed by atoms with E-state index in [1.807, 2.05) is 0 Å². The number of hydrogen-bond acceptors (Lipinski definition) is 4. The zero-order chi connectivity index (χ0) is 18.1. The molecule has 142 valence electrons. The number of hydrogen-bond donors (Lipinski definition) is 1. The van der Waals surface area contributed by atoms with E-state index >= 15 is 0 Å². The number of rotatable bonds is 4. The third kappa shape index (κ3) is 3.54. The van der Waals surface area contributed by atoms with E-state index in [1.54, 1.807) is 0 Å². The second-order valence-electron chi connectivity index (χ2n) is 8.41. The normalized spacial score (nSPS) is 25.2. The van der Waals surface area contributed by atoms with E-state index < -0.39 is 0 Å². The molecule has 1 spiro atoms. The summed E-state index contributed by atoms with van der Waals surface area (Å²) in [6, 6.07) is 9.07. The van der Waals surface area contributed by atoms with Crippen LogP contribution < -0.4 is 15.1 Å². The van der Waals surface area contributed by atoms with Crippen LogP contribution >= 0.6 is 0 Å². The molecule has 2 aliphatic heterocycles. The number of nitrogens with zero attached hydrogens (tertiary/aromatic N) is 2. The van der Waals surface area contributed by atoms with Crippen molar-refractivity contribution in [1.82, 2.24) is 5.32 Å². The van der Waals surface area contributed by atoms with Gasteiger partial charge >= 0.3 is 0 Å². The van der Waals surface area contributed by atoms with Gasteiger partial charge in [-0.3, -0.25) is 4.79 Å². The van der Waals surface area contributed by atoms with Crippen molar-refractivity contribution in [2.75, 3.05) is 50.2 Å². The molecule has 2 saturated heterocycles. The molecule has 0 aromatic heterocycles. The fourth-order valence-corrected chi connectivity index (χ4v) is 4.59. The predicted molar refractivity (Wildman–Crippen MR) is 105 cm³/mol. The summed E-state index contributed by atoms with van der Waals surface area (Å²) in [6.07, 6.45) is 5.26. The van der Waals surface area contributed by atoms with Gasteiger partial charge in [0.2, 0.25) is 5.91 Å². The number of ether oxygens (including phenoxy) is 1. The Bertz CT molecular complexity index is 629. The molecule has 1 N–H and O–H groups in total. The van der Waals surface area contributed by atoms with E-state index in [1.165, 1.54) is 11.4 Å². The van der Waals surface area contributed by atoms with Gasteiger partial charge in [-0.15, -0.1) is 0 Å². The zero-order valence-electron chi connectivity index (χ0n) is 16.0.